The number of aromatic hydroxyl groups is 1. The molecule has 0 aliphatic carbocycles. The number of amides is 2. The van der Waals surface area contributed by atoms with Crippen molar-refractivity contribution < 1.29 is 19.4 Å². The van der Waals surface area contributed by atoms with Crippen LogP contribution in [0.2, 0.25) is 0 Å². The van der Waals surface area contributed by atoms with E-state index in [0.717, 1.165) is 11.5 Å². The number of carbonyl (C=O) groups excluding carboxylic acids is 2. The molecule has 0 spiro atoms. The fourth-order valence-electron chi connectivity index (χ4n) is 1.98. The molecule has 27 heavy (non-hydrogen) atoms. The number of anilines is 2. The highest BCUT2D eigenvalue weighted by molar-refractivity contribution is 7.10. The average Bonchev–Trinajstić information content (AvgIpc) is 2.95. The maximum atomic E-state index is 11.7. The van der Waals surface area contributed by atoms with E-state index >= 15 is 0 Å². The maximum Gasteiger partial charge on any atom is 0.411 e. The summed E-state index contributed by atoms with van der Waals surface area (Å²) in [6.45, 7) is 4.76. The zero-order valence-corrected chi connectivity index (χ0v) is 15.5. The van der Waals surface area contributed by atoms with Gasteiger partial charge in [0.15, 0.2) is 5.00 Å². The monoisotopic (exact) mass is 388 g/mol. The van der Waals surface area contributed by atoms with Gasteiger partial charge in [-0.2, -0.15) is 9.64 Å². The molecule has 0 atom stereocenters. The molecule has 140 valence electrons. The molecule has 0 unspecified atom stereocenters. The SMILES string of the molecule is CCOC(=O)Nc1cc(O)c(NC(C)=O)cc1/N=N/c1snc(C)c1C#N. The van der Waals surface area contributed by atoms with E-state index in [1.807, 2.05) is 6.07 Å². The number of rotatable bonds is 5. The number of nitriles is 1. The van der Waals surface area contributed by atoms with Crippen LogP contribution in [0, 0.1) is 18.3 Å². The zero-order chi connectivity index (χ0) is 20.0. The fourth-order valence-corrected chi connectivity index (χ4v) is 2.66. The second-order valence-electron chi connectivity index (χ2n) is 5.17. The van der Waals surface area contributed by atoms with Crippen LogP contribution in [0.5, 0.6) is 5.75 Å². The van der Waals surface area contributed by atoms with Crippen molar-refractivity contribution in [2.24, 2.45) is 10.2 Å². The van der Waals surface area contributed by atoms with E-state index in [1.54, 1.807) is 13.8 Å². The Hall–Kier alpha value is -3.52. The molecule has 0 radical (unpaired) electrons. The lowest BCUT2D eigenvalue weighted by atomic mass is 10.2. The van der Waals surface area contributed by atoms with Crippen LogP contribution >= 0.6 is 11.5 Å². The van der Waals surface area contributed by atoms with Crippen molar-refractivity contribution >= 4 is 45.6 Å². The van der Waals surface area contributed by atoms with Gasteiger partial charge in [0.2, 0.25) is 5.91 Å². The van der Waals surface area contributed by atoms with E-state index in [-0.39, 0.29) is 29.4 Å². The first kappa shape index (κ1) is 19.8. The molecule has 0 bridgehead atoms. The lowest BCUT2D eigenvalue weighted by Gasteiger charge is -2.11. The largest absolute Gasteiger partial charge is 0.506 e. The molecule has 0 aliphatic heterocycles. The lowest BCUT2D eigenvalue weighted by molar-refractivity contribution is -0.114. The molecule has 0 saturated carbocycles. The van der Waals surface area contributed by atoms with Crippen LogP contribution in [0.1, 0.15) is 25.1 Å². The molecule has 0 fully saturated rings. The van der Waals surface area contributed by atoms with Gasteiger partial charge in [0.1, 0.15) is 23.1 Å². The minimum Gasteiger partial charge on any atom is -0.506 e. The van der Waals surface area contributed by atoms with E-state index in [9.17, 15) is 14.7 Å². The van der Waals surface area contributed by atoms with E-state index in [4.69, 9.17) is 10.00 Å². The molecule has 1 aromatic heterocycles. The van der Waals surface area contributed by atoms with Gasteiger partial charge in [-0.05, 0) is 31.4 Å². The number of aryl methyl sites for hydroxylation is 1. The second-order valence-corrected chi connectivity index (χ2v) is 5.92. The summed E-state index contributed by atoms with van der Waals surface area (Å²) < 4.78 is 8.86. The highest BCUT2D eigenvalue weighted by atomic mass is 32.1. The average molecular weight is 388 g/mol. The van der Waals surface area contributed by atoms with Crippen LogP contribution in [0.15, 0.2) is 22.4 Å². The molecule has 1 heterocycles. The summed E-state index contributed by atoms with van der Waals surface area (Å²) in [5.74, 6) is -0.675. The number of phenols is 1. The Bertz CT molecular complexity index is 947. The summed E-state index contributed by atoms with van der Waals surface area (Å²) in [6, 6.07) is 4.54. The molecule has 2 amide bonds. The molecular weight excluding hydrogens is 372 g/mol. The number of hydrogen-bond donors (Lipinski definition) is 3. The van der Waals surface area contributed by atoms with Gasteiger partial charge >= 0.3 is 6.09 Å². The van der Waals surface area contributed by atoms with Gasteiger partial charge in [-0.3, -0.25) is 10.1 Å². The molecule has 1 aromatic carbocycles. The normalized spacial score (nSPS) is 10.4. The Labute approximate surface area is 158 Å². The zero-order valence-electron chi connectivity index (χ0n) is 14.7. The number of benzene rings is 1. The molecule has 0 saturated heterocycles. The first-order valence-electron chi connectivity index (χ1n) is 7.72. The summed E-state index contributed by atoms with van der Waals surface area (Å²) in [4.78, 5) is 23.0. The quantitative estimate of drug-likeness (QED) is 0.521. The van der Waals surface area contributed by atoms with Crippen LogP contribution in [-0.4, -0.2) is 28.1 Å². The predicted molar refractivity (Wildman–Crippen MR) is 98.8 cm³/mol. The predicted octanol–water partition coefficient (Wildman–Crippen LogP) is 3.97. The van der Waals surface area contributed by atoms with Gasteiger partial charge in [0.25, 0.3) is 0 Å². The smallest absolute Gasteiger partial charge is 0.411 e. The number of hydrogen-bond acceptors (Lipinski definition) is 9. The van der Waals surface area contributed by atoms with Gasteiger partial charge < -0.3 is 15.2 Å². The number of ether oxygens (including phenoxy) is 1. The minimum atomic E-state index is -0.744. The van der Waals surface area contributed by atoms with Crippen LogP contribution in [0.3, 0.4) is 0 Å². The van der Waals surface area contributed by atoms with Crippen molar-refractivity contribution in [1.29, 1.82) is 5.26 Å². The van der Waals surface area contributed by atoms with E-state index in [0.29, 0.717) is 16.3 Å². The van der Waals surface area contributed by atoms with E-state index in [1.165, 1.54) is 19.1 Å². The van der Waals surface area contributed by atoms with Crippen molar-refractivity contribution in [1.82, 2.24) is 4.37 Å². The van der Waals surface area contributed by atoms with E-state index < -0.39 is 12.0 Å². The Morgan fingerprint density at radius 1 is 1.33 bits per heavy atom. The number of carbonyl (C=O) groups is 2. The van der Waals surface area contributed by atoms with Crippen LogP contribution < -0.4 is 10.6 Å². The third-order valence-corrected chi connectivity index (χ3v) is 3.97. The van der Waals surface area contributed by atoms with Crippen LogP contribution in [-0.2, 0) is 9.53 Å². The van der Waals surface area contributed by atoms with Gasteiger partial charge in [-0.1, -0.05) is 0 Å². The summed E-state index contributed by atoms with van der Waals surface area (Å²) in [6.07, 6.45) is -0.744. The summed E-state index contributed by atoms with van der Waals surface area (Å²) >= 11 is 1.00. The van der Waals surface area contributed by atoms with Gasteiger partial charge in [-0.15, -0.1) is 10.2 Å². The Kier molecular flexibility index (Phi) is 6.40. The van der Waals surface area contributed by atoms with Crippen molar-refractivity contribution in [3.05, 3.63) is 23.4 Å². The third kappa shape index (κ3) is 4.99. The highest BCUT2D eigenvalue weighted by Crippen LogP contribution is 2.38. The van der Waals surface area contributed by atoms with Crippen molar-refractivity contribution in [3.63, 3.8) is 0 Å². The van der Waals surface area contributed by atoms with Crippen molar-refractivity contribution in [2.45, 2.75) is 20.8 Å². The van der Waals surface area contributed by atoms with Crippen LogP contribution in [0.25, 0.3) is 0 Å². The number of nitrogens with one attached hydrogen (secondary N) is 2. The Morgan fingerprint density at radius 2 is 2.07 bits per heavy atom. The minimum absolute atomic E-state index is 0.0897. The number of aromatic nitrogens is 1. The molecule has 2 aromatic rings. The molecule has 11 heteroatoms. The number of azo groups is 1. The second kappa shape index (κ2) is 8.72. The Morgan fingerprint density at radius 3 is 2.70 bits per heavy atom. The molecule has 2 rings (SSSR count). The van der Waals surface area contributed by atoms with Gasteiger partial charge in [0.05, 0.1) is 23.7 Å². The molecular formula is C16H16N6O4S. The summed E-state index contributed by atoms with van der Waals surface area (Å²) in [7, 11) is 0. The number of phenolic OH excluding ortho intramolecular Hbond substituents is 1. The first-order valence-corrected chi connectivity index (χ1v) is 8.49. The molecule has 3 N–H and O–H groups in total. The summed E-state index contributed by atoms with van der Waals surface area (Å²) in [5.41, 5.74) is 1.17. The first-order chi connectivity index (χ1) is 12.8. The highest BCUT2D eigenvalue weighted by Gasteiger charge is 2.15. The van der Waals surface area contributed by atoms with E-state index in [2.05, 4.69) is 25.2 Å². The van der Waals surface area contributed by atoms with Gasteiger partial charge in [-0.25, -0.2) is 4.79 Å². The fraction of sp³-hybridized carbons (Fsp3) is 0.250. The number of nitrogens with zero attached hydrogens (tertiary/aromatic N) is 4. The topological polar surface area (TPSA) is 149 Å². The lowest BCUT2D eigenvalue weighted by Crippen LogP contribution is -2.13. The standard InChI is InChI=1S/C16H16N6O4S/c1-4-26-16(25)19-11-6-14(24)13(18-9(3)23)5-12(11)20-21-15-10(7-17)8(2)22-27-15/h5-6,24H,4H2,1-3H3,(H,18,23)(H,19,25)/b21-20+. The summed E-state index contributed by atoms with van der Waals surface area (Å²) in [5, 5.41) is 32.4. The Balaban J connectivity index is 2.46. The molecule has 0 aliphatic rings. The van der Waals surface area contributed by atoms with Crippen molar-refractivity contribution in [2.75, 3.05) is 17.2 Å². The maximum absolute atomic E-state index is 11.7. The third-order valence-electron chi connectivity index (χ3n) is 3.14. The van der Waals surface area contributed by atoms with Gasteiger partial charge in [0, 0.05) is 13.0 Å². The molecule has 10 nitrogen and oxygen atoms in total. The van der Waals surface area contributed by atoms with Crippen molar-refractivity contribution in [3.8, 4) is 11.8 Å². The van der Waals surface area contributed by atoms with Crippen LogP contribution in [0.4, 0.5) is 26.9 Å².